The van der Waals surface area contributed by atoms with Crippen LogP contribution in [-0.4, -0.2) is 79.4 Å². The summed E-state index contributed by atoms with van der Waals surface area (Å²) < 4.78 is 27.9. The van der Waals surface area contributed by atoms with Gasteiger partial charge in [0.15, 0.2) is 5.13 Å². The third-order valence-electron chi connectivity index (χ3n) is 5.60. The summed E-state index contributed by atoms with van der Waals surface area (Å²) in [6, 6.07) is 8.30. The molecule has 0 aliphatic carbocycles. The average Bonchev–Trinajstić information content (AvgIpc) is 3.28. The van der Waals surface area contributed by atoms with E-state index in [1.165, 1.54) is 33.7 Å². The van der Waals surface area contributed by atoms with Crippen molar-refractivity contribution in [2.75, 3.05) is 43.9 Å². The maximum Gasteiger partial charge on any atom is 0.240 e. The molecule has 0 saturated carbocycles. The molecular formula is C21H29N5O4S2. The van der Waals surface area contributed by atoms with Crippen LogP contribution < -0.4 is 10.6 Å². The fourth-order valence-corrected chi connectivity index (χ4v) is 6.08. The lowest BCUT2D eigenvalue weighted by Gasteiger charge is -2.33. The monoisotopic (exact) mass is 479 g/mol. The molecule has 2 heterocycles. The van der Waals surface area contributed by atoms with Crippen LogP contribution in [0.2, 0.25) is 0 Å². The number of sulfonamides is 1. The molecule has 9 nitrogen and oxygen atoms in total. The number of nitrogens with two attached hydrogens (primary N) is 1. The summed E-state index contributed by atoms with van der Waals surface area (Å²) >= 11 is 1.20. The highest BCUT2D eigenvalue weighted by Crippen LogP contribution is 2.25. The molecule has 32 heavy (non-hydrogen) atoms. The molecule has 3 rings (SSSR count). The van der Waals surface area contributed by atoms with Crippen LogP contribution in [0.4, 0.5) is 5.13 Å². The first kappa shape index (κ1) is 24.3. The predicted octanol–water partition coefficient (Wildman–Crippen LogP) is 0.786. The van der Waals surface area contributed by atoms with Gasteiger partial charge in [-0.25, -0.2) is 13.4 Å². The molecule has 1 aliphatic rings. The number of likely N-dealkylation sites (N-methyl/N-ethyl adjacent to an activating group) is 1. The van der Waals surface area contributed by atoms with Gasteiger partial charge in [0.25, 0.3) is 0 Å². The highest BCUT2D eigenvalue weighted by atomic mass is 32.2. The predicted molar refractivity (Wildman–Crippen MR) is 125 cm³/mol. The molecule has 2 amide bonds. The first-order chi connectivity index (χ1) is 15.2. The van der Waals surface area contributed by atoms with Crippen molar-refractivity contribution in [3.8, 4) is 0 Å². The zero-order valence-corrected chi connectivity index (χ0v) is 19.9. The number of rotatable bonds is 9. The maximum atomic E-state index is 13.7. The van der Waals surface area contributed by atoms with Crippen LogP contribution in [0.15, 0.2) is 41.9 Å². The highest BCUT2D eigenvalue weighted by molar-refractivity contribution is 7.89. The van der Waals surface area contributed by atoms with E-state index in [1.807, 2.05) is 37.4 Å². The molecule has 1 aromatic heterocycles. The second-order valence-electron chi connectivity index (χ2n) is 7.97. The lowest BCUT2D eigenvalue weighted by molar-refractivity contribution is -0.126. The van der Waals surface area contributed by atoms with Gasteiger partial charge >= 0.3 is 0 Å². The lowest BCUT2D eigenvalue weighted by atomic mass is 9.99. The largest absolute Gasteiger partial charge is 0.368 e. The van der Waals surface area contributed by atoms with Gasteiger partial charge in [0, 0.05) is 37.8 Å². The fraction of sp³-hybridized carbons (Fsp3) is 0.476. The van der Waals surface area contributed by atoms with Crippen molar-refractivity contribution in [2.24, 2.45) is 11.7 Å². The Morgan fingerprint density at radius 3 is 2.41 bits per heavy atom. The molecular weight excluding hydrogens is 450 g/mol. The summed E-state index contributed by atoms with van der Waals surface area (Å²) in [4.78, 5) is 33.1. The van der Waals surface area contributed by atoms with E-state index in [9.17, 15) is 18.0 Å². The number of hydrogen-bond donors (Lipinski definition) is 1. The van der Waals surface area contributed by atoms with E-state index >= 15 is 0 Å². The third kappa shape index (κ3) is 5.91. The number of primary amides is 1. The SMILES string of the molecule is CC(C(N)=O)N(C(=O)C(Cc1ccccc1)CS(=O)(=O)N1CCN(C)CC1)c1nccs1. The summed E-state index contributed by atoms with van der Waals surface area (Å²) in [5.74, 6) is -2.41. The van der Waals surface area contributed by atoms with Gasteiger partial charge in [0.2, 0.25) is 21.8 Å². The van der Waals surface area contributed by atoms with Gasteiger partial charge in [-0.05, 0) is 26.0 Å². The second-order valence-corrected chi connectivity index (χ2v) is 10.9. The zero-order valence-electron chi connectivity index (χ0n) is 18.3. The van der Waals surface area contributed by atoms with Crippen LogP contribution in [-0.2, 0) is 26.0 Å². The number of thiazole rings is 1. The number of nitrogens with zero attached hydrogens (tertiary/aromatic N) is 4. The molecule has 2 N–H and O–H groups in total. The number of hydrogen-bond acceptors (Lipinski definition) is 7. The Morgan fingerprint density at radius 2 is 1.84 bits per heavy atom. The first-order valence-corrected chi connectivity index (χ1v) is 12.9. The van der Waals surface area contributed by atoms with E-state index in [-0.39, 0.29) is 12.2 Å². The van der Waals surface area contributed by atoms with E-state index < -0.39 is 33.8 Å². The molecule has 0 spiro atoms. The minimum atomic E-state index is -3.69. The van der Waals surface area contributed by atoms with Gasteiger partial charge in [-0.15, -0.1) is 11.3 Å². The fourth-order valence-electron chi connectivity index (χ4n) is 3.65. The summed E-state index contributed by atoms with van der Waals surface area (Å²) in [6.07, 6.45) is 1.75. The Labute approximate surface area is 192 Å². The minimum Gasteiger partial charge on any atom is -0.368 e. The van der Waals surface area contributed by atoms with Crippen molar-refractivity contribution in [3.63, 3.8) is 0 Å². The van der Waals surface area contributed by atoms with Crippen LogP contribution in [0.3, 0.4) is 0 Å². The Balaban J connectivity index is 1.92. The van der Waals surface area contributed by atoms with Crippen molar-refractivity contribution in [3.05, 3.63) is 47.5 Å². The van der Waals surface area contributed by atoms with Crippen molar-refractivity contribution in [2.45, 2.75) is 19.4 Å². The topological polar surface area (TPSA) is 117 Å². The molecule has 2 unspecified atom stereocenters. The number of carbonyl (C=O) groups is 2. The van der Waals surface area contributed by atoms with Gasteiger partial charge in [0.05, 0.1) is 11.7 Å². The van der Waals surface area contributed by atoms with Gasteiger partial charge in [-0.3, -0.25) is 14.5 Å². The van der Waals surface area contributed by atoms with E-state index in [1.54, 1.807) is 5.38 Å². The quantitative estimate of drug-likeness (QED) is 0.568. The third-order valence-corrected chi connectivity index (χ3v) is 8.35. The molecule has 174 valence electrons. The Bertz CT molecular complexity index is 1010. The summed E-state index contributed by atoms with van der Waals surface area (Å²) in [6.45, 7) is 3.58. The molecule has 0 bridgehead atoms. The number of benzene rings is 1. The van der Waals surface area contributed by atoms with Crippen LogP contribution in [0.25, 0.3) is 0 Å². The van der Waals surface area contributed by atoms with Crippen molar-refractivity contribution in [1.82, 2.24) is 14.2 Å². The Kier molecular flexibility index (Phi) is 7.99. The van der Waals surface area contributed by atoms with Gasteiger partial charge in [-0.2, -0.15) is 4.31 Å². The van der Waals surface area contributed by atoms with Crippen LogP contribution in [0.1, 0.15) is 12.5 Å². The lowest BCUT2D eigenvalue weighted by Crippen LogP contribution is -2.52. The van der Waals surface area contributed by atoms with Crippen molar-refractivity contribution < 1.29 is 18.0 Å². The first-order valence-electron chi connectivity index (χ1n) is 10.4. The Hall–Kier alpha value is -2.34. The molecule has 2 atom stereocenters. The minimum absolute atomic E-state index is 0.222. The summed E-state index contributed by atoms with van der Waals surface area (Å²) in [5.41, 5.74) is 6.34. The van der Waals surface area contributed by atoms with Crippen molar-refractivity contribution in [1.29, 1.82) is 0 Å². The number of anilines is 1. The van der Waals surface area contributed by atoms with Crippen molar-refractivity contribution >= 4 is 38.3 Å². The van der Waals surface area contributed by atoms with Crippen LogP contribution in [0, 0.1) is 5.92 Å². The zero-order chi connectivity index (χ0) is 23.3. The molecule has 2 aromatic rings. The van der Waals surface area contributed by atoms with Gasteiger partial charge < -0.3 is 10.6 Å². The normalized spacial score (nSPS) is 17.6. The number of amides is 2. The van der Waals surface area contributed by atoms with Gasteiger partial charge in [-0.1, -0.05) is 30.3 Å². The van der Waals surface area contributed by atoms with Crippen LogP contribution in [0.5, 0.6) is 0 Å². The molecule has 1 saturated heterocycles. The highest BCUT2D eigenvalue weighted by Gasteiger charge is 2.37. The average molecular weight is 480 g/mol. The van der Waals surface area contributed by atoms with Gasteiger partial charge in [0.1, 0.15) is 6.04 Å². The molecule has 0 radical (unpaired) electrons. The van der Waals surface area contributed by atoms with Crippen LogP contribution >= 0.6 is 11.3 Å². The summed E-state index contributed by atoms with van der Waals surface area (Å²) in [5, 5.41) is 2.01. The molecule has 1 fully saturated rings. The smallest absolute Gasteiger partial charge is 0.240 e. The van der Waals surface area contributed by atoms with E-state index in [0.717, 1.165) is 5.56 Å². The summed E-state index contributed by atoms with van der Waals surface area (Å²) in [7, 11) is -1.75. The molecule has 1 aromatic carbocycles. The maximum absolute atomic E-state index is 13.7. The number of carbonyl (C=O) groups excluding carboxylic acids is 2. The number of piperazine rings is 1. The molecule has 1 aliphatic heterocycles. The second kappa shape index (κ2) is 10.5. The number of aromatic nitrogens is 1. The Morgan fingerprint density at radius 1 is 1.19 bits per heavy atom. The van der Waals surface area contributed by atoms with E-state index in [2.05, 4.69) is 9.88 Å². The molecule has 11 heteroatoms. The van der Waals surface area contributed by atoms with E-state index in [0.29, 0.717) is 31.3 Å². The standard InChI is InChI=1S/C21H29N5O4S2/c1-16(19(22)27)26(21-23-8-13-31-21)20(28)18(14-17-6-4-3-5-7-17)15-32(29,30)25-11-9-24(2)10-12-25/h3-8,13,16,18H,9-12,14-15H2,1-2H3,(H2,22,27). The van der Waals surface area contributed by atoms with E-state index in [4.69, 9.17) is 5.73 Å².